The number of nitrogens with zero attached hydrogens (tertiary/aromatic N) is 4. The predicted octanol–water partition coefficient (Wildman–Crippen LogP) is 4.15. The summed E-state index contributed by atoms with van der Waals surface area (Å²) in [6, 6.07) is 7.63. The number of hydrogen-bond acceptors (Lipinski definition) is 6. The van der Waals surface area contributed by atoms with Crippen LogP contribution in [0, 0.1) is 11.6 Å². The Morgan fingerprint density at radius 2 is 2.06 bits per heavy atom. The van der Waals surface area contributed by atoms with Crippen LogP contribution in [0.4, 0.5) is 8.78 Å². The zero-order valence-electron chi connectivity index (χ0n) is 18.5. The summed E-state index contributed by atoms with van der Waals surface area (Å²) in [6.45, 7) is 1.98. The van der Waals surface area contributed by atoms with Gasteiger partial charge in [-0.2, -0.15) is 5.10 Å². The maximum Gasteiger partial charge on any atom is 0.273 e. The third-order valence-electron chi connectivity index (χ3n) is 5.45. The number of pyridine rings is 1. The summed E-state index contributed by atoms with van der Waals surface area (Å²) in [5.41, 5.74) is 0.422. The number of carbonyl (C=O) groups excluding carboxylic acids is 1. The van der Waals surface area contributed by atoms with Crippen LogP contribution < -0.4 is 10.1 Å². The van der Waals surface area contributed by atoms with Crippen molar-refractivity contribution < 1.29 is 22.8 Å². The van der Waals surface area contributed by atoms with Crippen LogP contribution in [0.1, 0.15) is 28.7 Å². The molecule has 3 heterocycles. The first-order valence-corrected chi connectivity index (χ1v) is 10.5. The van der Waals surface area contributed by atoms with Gasteiger partial charge >= 0.3 is 0 Å². The minimum absolute atomic E-state index is 0.00100. The Hall–Kier alpha value is -3.79. The highest BCUT2D eigenvalue weighted by Gasteiger charge is 2.34. The van der Waals surface area contributed by atoms with Gasteiger partial charge in [0.05, 0.1) is 30.0 Å². The molecular formula is C23H20ClF2N5O3. The second-order valence-electron chi connectivity index (χ2n) is 7.83. The number of ether oxygens (including phenoxy) is 1. The number of methoxy groups -OCH3 is 1. The van der Waals surface area contributed by atoms with Crippen LogP contribution in [0.2, 0.25) is 5.15 Å². The topological polar surface area (TPSA) is 95.1 Å². The Morgan fingerprint density at radius 3 is 2.74 bits per heavy atom. The van der Waals surface area contributed by atoms with Crippen molar-refractivity contribution in [1.29, 1.82) is 0 Å². The third-order valence-corrected chi connectivity index (χ3v) is 5.65. The summed E-state index contributed by atoms with van der Waals surface area (Å²) < 4.78 is 39.3. The molecule has 34 heavy (non-hydrogen) atoms. The Bertz CT molecular complexity index is 1360. The minimum atomic E-state index is -0.836. The van der Waals surface area contributed by atoms with Crippen molar-refractivity contribution >= 4 is 17.5 Å². The molecule has 0 bridgehead atoms. The molecule has 0 aliphatic carbocycles. The van der Waals surface area contributed by atoms with E-state index in [4.69, 9.17) is 20.9 Å². The number of hydrogen-bond donors (Lipinski definition) is 1. The van der Waals surface area contributed by atoms with Crippen LogP contribution in [-0.2, 0) is 12.5 Å². The van der Waals surface area contributed by atoms with E-state index in [1.807, 2.05) is 13.1 Å². The summed E-state index contributed by atoms with van der Waals surface area (Å²) in [4.78, 5) is 17.3. The van der Waals surface area contributed by atoms with Crippen molar-refractivity contribution in [2.24, 2.45) is 7.05 Å². The number of aryl methyl sites for hydroxylation is 1. The highest BCUT2D eigenvalue weighted by Crippen LogP contribution is 2.33. The molecule has 1 amide bonds. The van der Waals surface area contributed by atoms with E-state index in [1.165, 1.54) is 19.2 Å². The number of benzene rings is 1. The van der Waals surface area contributed by atoms with Gasteiger partial charge in [-0.25, -0.2) is 13.8 Å². The first kappa shape index (κ1) is 23.4. The number of rotatable bonds is 7. The monoisotopic (exact) mass is 487 g/mol. The largest absolute Gasteiger partial charge is 0.497 e. The van der Waals surface area contributed by atoms with Crippen LogP contribution in [0.3, 0.4) is 0 Å². The molecule has 1 atom stereocenters. The Morgan fingerprint density at radius 1 is 1.26 bits per heavy atom. The Balaban J connectivity index is 1.61. The standard InChI is InChI=1S/C23H20ClF2N5O3/c1-23(13-10-28-31(2)11-13,20-7-15(33-3)8-21(24)29-20)12-27-22(32)18-9-19(34-30-18)16-5-4-14(25)6-17(16)26/h4-11H,12H2,1-3H3,(H,27,32). The molecule has 0 aliphatic rings. The van der Waals surface area contributed by atoms with Gasteiger partial charge in [0.2, 0.25) is 0 Å². The minimum Gasteiger partial charge on any atom is -0.497 e. The molecule has 1 aromatic carbocycles. The smallest absolute Gasteiger partial charge is 0.273 e. The predicted molar refractivity (Wildman–Crippen MR) is 120 cm³/mol. The van der Waals surface area contributed by atoms with Gasteiger partial charge in [-0.15, -0.1) is 0 Å². The van der Waals surface area contributed by atoms with Gasteiger partial charge in [-0.3, -0.25) is 9.48 Å². The molecule has 0 saturated heterocycles. The molecule has 8 nitrogen and oxygen atoms in total. The summed E-state index contributed by atoms with van der Waals surface area (Å²) in [7, 11) is 3.30. The van der Waals surface area contributed by atoms with Crippen LogP contribution in [0.5, 0.6) is 5.75 Å². The molecule has 4 rings (SSSR count). The molecule has 0 saturated carbocycles. The Labute approximate surface area is 198 Å². The van der Waals surface area contributed by atoms with Crippen LogP contribution >= 0.6 is 11.6 Å². The summed E-state index contributed by atoms with van der Waals surface area (Å²) >= 11 is 6.19. The second-order valence-corrected chi connectivity index (χ2v) is 8.22. The SMILES string of the molecule is COc1cc(Cl)nc(C(C)(CNC(=O)c2cc(-c3ccc(F)cc3F)on2)c2cnn(C)c2)c1. The summed E-state index contributed by atoms with van der Waals surface area (Å²) in [6.07, 6.45) is 3.49. The van der Waals surface area contributed by atoms with Crippen molar-refractivity contribution in [1.82, 2.24) is 25.2 Å². The normalized spacial score (nSPS) is 12.9. The number of nitrogens with one attached hydrogen (secondary N) is 1. The number of aromatic nitrogens is 4. The fraction of sp³-hybridized carbons (Fsp3) is 0.217. The molecule has 1 N–H and O–H groups in total. The molecule has 1 unspecified atom stereocenters. The molecule has 0 aliphatic heterocycles. The van der Waals surface area contributed by atoms with Gasteiger partial charge < -0.3 is 14.6 Å². The molecule has 4 aromatic rings. The van der Waals surface area contributed by atoms with E-state index in [-0.39, 0.29) is 28.7 Å². The van der Waals surface area contributed by atoms with Gasteiger partial charge in [0.15, 0.2) is 11.5 Å². The van der Waals surface area contributed by atoms with Gasteiger partial charge in [-0.05, 0) is 19.1 Å². The fourth-order valence-corrected chi connectivity index (χ4v) is 3.67. The molecule has 11 heteroatoms. The van der Waals surface area contributed by atoms with E-state index < -0.39 is 23.0 Å². The van der Waals surface area contributed by atoms with E-state index in [0.717, 1.165) is 17.7 Å². The molecule has 0 spiro atoms. The molecule has 3 aromatic heterocycles. The van der Waals surface area contributed by atoms with Crippen molar-refractivity contribution in [2.75, 3.05) is 13.7 Å². The van der Waals surface area contributed by atoms with E-state index in [0.29, 0.717) is 11.4 Å². The van der Waals surface area contributed by atoms with Gasteiger partial charge in [0, 0.05) is 49.6 Å². The Kier molecular flexibility index (Phi) is 6.34. The maximum atomic E-state index is 14.1. The van der Waals surface area contributed by atoms with E-state index >= 15 is 0 Å². The highest BCUT2D eigenvalue weighted by atomic mass is 35.5. The van der Waals surface area contributed by atoms with Crippen LogP contribution in [0.15, 0.2) is 53.3 Å². The number of amides is 1. The fourth-order valence-electron chi connectivity index (χ4n) is 3.47. The van der Waals surface area contributed by atoms with E-state index in [1.54, 1.807) is 30.1 Å². The van der Waals surface area contributed by atoms with Crippen molar-refractivity contribution in [3.8, 4) is 17.1 Å². The molecule has 176 valence electrons. The first-order valence-electron chi connectivity index (χ1n) is 10.1. The lowest BCUT2D eigenvalue weighted by molar-refractivity contribution is 0.0938. The van der Waals surface area contributed by atoms with Gasteiger partial charge in [-0.1, -0.05) is 16.8 Å². The lowest BCUT2D eigenvalue weighted by atomic mass is 9.80. The zero-order chi connectivity index (χ0) is 24.5. The zero-order valence-corrected chi connectivity index (χ0v) is 19.2. The van der Waals surface area contributed by atoms with E-state index in [2.05, 4.69) is 20.6 Å². The molecule has 0 radical (unpaired) electrons. The van der Waals surface area contributed by atoms with Gasteiger partial charge in [0.1, 0.15) is 22.5 Å². The second kappa shape index (κ2) is 9.22. The summed E-state index contributed by atoms with van der Waals surface area (Å²) in [5, 5.41) is 11.0. The first-order chi connectivity index (χ1) is 16.2. The third kappa shape index (κ3) is 4.62. The summed E-state index contributed by atoms with van der Waals surface area (Å²) in [5.74, 6) is -1.59. The number of carbonyl (C=O) groups is 1. The molecular weight excluding hydrogens is 468 g/mol. The quantitative estimate of drug-likeness (QED) is 0.394. The van der Waals surface area contributed by atoms with Crippen LogP contribution in [0.25, 0.3) is 11.3 Å². The van der Waals surface area contributed by atoms with Crippen molar-refractivity contribution in [3.63, 3.8) is 0 Å². The number of halogens is 3. The average Bonchev–Trinajstić information content (AvgIpc) is 3.46. The van der Waals surface area contributed by atoms with Crippen molar-refractivity contribution in [3.05, 3.63) is 82.5 Å². The maximum absolute atomic E-state index is 14.1. The average molecular weight is 488 g/mol. The van der Waals surface area contributed by atoms with Crippen molar-refractivity contribution in [2.45, 2.75) is 12.3 Å². The molecule has 0 fully saturated rings. The van der Waals surface area contributed by atoms with Crippen LogP contribution in [-0.4, -0.2) is 39.5 Å². The van der Waals surface area contributed by atoms with E-state index in [9.17, 15) is 13.6 Å². The lowest BCUT2D eigenvalue weighted by Crippen LogP contribution is -2.40. The lowest BCUT2D eigenvalue weighted by Gasteiger charge is -2.28. The highest BCUT2D eigenvalue weighted by molar-refractivity contribution is 6.29. The van der Waals surface area contributed by atoms with Gasteiger partial charge in [0.25, 0.3) is 5.91 Å².